The van der Waals surface area contributed by atoms with E-state index in [0.717, 1.165) is 37.2 Å². The molecule has 32 heavy (non-hydrogen) atoms. The van der Waals surface area contributed by atoms with Gasteiger partial charge in [-0.2, -0.15) is 4.98 Å². The van der Waals surface area contributed by atoms with Gasteiger partial charge in [0, 0.05) is 17.7 Å². The number of carbonyl (C=O) groups excluding carboxylic acids is 1. The summed E-state index contributed by atoms with van der Waals surface area (Å²) in [5.74, 6) is 1.37. The van der Waals surface area contributed by atoms with Gasteiger partial charge in [-0.3, -0.25) is 14.7 Å². The number of hydrogen-bond donors (Lipinski definition) is 1. The Morgan fingerprint density at radius 1 is 1.12 bits per heavy atom. The highest BCUT2D eigenvalue weighted by atomic mass is 16.5. The highest BCUT2D eigenvalue weighted by Crippen LogP contribution is 2.25. The maximum Gasteiger partial charge on any atom is 0.241 e. The Hall–Kier alpha value is -3.06. The van der Waals surface area contributed by atoms with E-state index in [1.54, 1.807) is 6.20 Å². The van der Waals surface area contributed by atoms with Gasteiger partial charge in [-0.1, -0.05) is 56.3 Å². The van der Waals surface area contributed by atoms with Gasteiger partial charge >= 0.3 is 0 Å². The predicted molar refractivity (Wildman–Crippen MR) is 123 cm³/mol. The van der Waals surface area contributed by atoms with Crippen LogP contribution in [0.1, 0.15) is 50.8 Å². The van der Waals surface area contributed by atoms with Crippen LogP contribution in [-0.2, 0) is 23.3 Å². The normalized spacial score (nSPS) is 15.6. The number of pyridine rings is 1. The zero-order valence-corrected chi connectivity index (χ0v) is 19.0. The van der Waals surface area contributed by atoms with Gasteiger partial charge in [0.15, 0.2) is 0 Å². The molecule has 4 rings (SSSR count). The molecule has 2 aromatic heterocycles. The minimum Gasteiger partial charge on any atom is -0.350 e. The molecular weight excluding hydrogens is 402 g/mol. The fourth-order valence-electron chi connectivity index (χ4n) is 3.92. The lowest BCUT2D eigenvalue weighted by atomic mass is 9.87. The van der Waals surface area contributed by atoms with Gasteiger partial charge in [-0.05, 0) is 49.0 Å². The molecule has 1 amide bonds. The third-order valence-electron chi connectivity index (χ3n) is 5.96. The smallest absolute Gasteiger partial charge is 0.241 e. The summed E-state index contributed by atoms with van der Waals surface area (Å²) in [6.07, 6.45) is 3.39. The van der Waals surface area contributed by atoms with Crippen LogP contribution in [0.2, 0.25) is 0 Å². The van der Waals surface area contributed by atoms with Crippen LogP contribution in [0.25, 0.3) is 11.4 Å². The first kappa shape index (κ1) is 22.1. The maximum atomic E-state index is 12.5. The van der Waals surface area contributed by atoms with Crippen LogP contribution in [0.5, 0.6) is 0 Å². The molecule has 1 saturated heterocycles. The Balaban J connectivity index is 1.26. The summed E-state index contributed by atoms with van der Waals surface area (Å²) in [6.45, 7) is 9.33. The molecule has 1 aliphatic heterocycles. The van der Waals surface area contributed by atoms with Crippen molar-refractivity contribution < 1.29 is 9.32 Å². The lowest BCUT2D eigenvalue weighted by molar-refractivity contribution is -0.126. The van der Waals surface area contributed by atoms with E-state index in [0.29, 0.717) is 24.8 Å². The Bertz CT molecular complexity index is 1020. The van der Waals surface area contributed by atoms with Crippen LogP contribution >= 0.6 is 0 Å². The first-order valence-corrected chi connectivity index (χ1v) is 11.2. The Kier molecular flexibility index (Phi) is 6.65. The van der Waals surface area contributed by atoms with Gasteiger partial charge in [0.1, 0.15) is 0 Å². The van der Waals surface area contributed by atoms with E-state index < -0.39 is 0 Å². The maximum absolute atomic E-state index is 12.5. The molecule has 1 aliphatic rings. The quantitative estimate of drug-likeness (QED) is 0.634. The summed E-state index contributed by atoms with van der Waals surface area (Å²) < 4.78 is 5.49. The predicted octanol–water partition coefficient (Wildman–Crippen LogP) is 3.96. The molecule has 7 nitrogen and oxygen atoms in total. The molecule has 0 atom stereocenters. The Morgan fingerprint density at radius 2 is 1.88 bits per heavy atom. The van der Waals surface area contributed by atoms with Crippen LogP contribution in [0.15, 0.2) is 53.2 Å². The van der Waals surface area contributed by atoms with Crippen molar-refractivity contribution in [3.8, 4) is 11.4 Å². The van der Waals surface area contributed by atoms with Crippen LogP contribution in [0.4, 0.5) is 0 Å². The van der Waals surface area contributed by atoms with Gasteiger partial charge in [0.2, 0.25) is 17.6 Å². The summed E-state index contributed by atoms with van der Waals surface area (Å²) in [6, 6.07) is 14.0. The van der Waals surface area contributed by atoms with Crippen molar-refractivity contribution in [1.29, 1.82) is 0 Å². The van der Waals surface area contributed by atoms with Crippen molar-refractivity contribution >= 4 is 5.91 Å². The van der Waals surface area contributed by atoms with Crippen LogP contribution in [-0.4, -0.2) is 39.0 Å². The van der Waals surface area contributed by atoms with Crippen LogP contribution in [0, 0.1) is 5.92 Å². The lowest BCUT2D eigenvalue weighted by Crippen LogP contribution is -2.40. The van der Waals surface area contributed by atoms with Gasteiger partial charge in [-0.25, -0.2) is 0 Å². The minimum atomic E-state index is 0.0366. The molecule has 1 N–H and O–H groups in total. The van der Waals surface area contributed by atoms with E-state index in [9.17, 15) is 4.79 Å². The molecule has 0 radical (unpaired) electrons. The summed E-state index contributed by atoms with van der Waals surface area (Å²) in [4.78, 5) is 23.6. The molecule has 1 fully saturated rings. The molecule has 0 unspecified atom stereocenters. The fraction of sp³-hybridized carbons (Fsp3) is 0.440. The minimum absolute atomic E-state index is 0.0366. The number of piperidine rings is 1. The first-order valence-electron chi connectivity index (χ1n) is 11.2. The molecule has 0 aliphatic carbocycles. The van der Waals surface area contributed by atoms with Gasteiger partial charge in [0.05, 0.1) is 18.8 Å². The van der Waals surface area contributed by atoms with Crippen molar-refractivity contribution in [2.75, 3.05) is 13.1 Å². The number of nitrogens with zero attached hydrogens (tertiary/aromatic N) is 4. The van der Waals surface area contributed by atoms with Crippen LogP contribution < -0.4 is 5.32 Å². The van der Waals surface area contributed by atoms with Crippen molar-refractivity contribution in [2.24, 2.45) is 5.92 Å². The second-order valence-electron chi connectivity index (χ2n) is 9.43. The van der Waals surface area contributed by atoms with Crippen molar-refractivity contribution in [1.82, 2.24) is 25.3 Å². The number of nitrogens with one attached hydrogen (secondary N) is 1. The average Bonchev–Trinajstić information content (AvgIpc) is 3.27. The fourth-order valence-corrected chi connectivity index (χ4v) is 3.92. The second kappa shape index (κ2) is 9.61. The number of rotatable bonds is 6. The number of hydrogen-bond acceptors (Lipinski definition) is 6. The summed E-state index contributed by atoms with van der Waals surface area (Å²) in [7, 11) is 0. The molecule has 1 aromatic carbocycles. The monoisotopic (exact) mass is 433 g/mol. The van der Waals surface area contributed by atoms with Crippen molar-refractivity contribution in [2.45, 2.75) is 52.1 Å². The molecule has 3 aromatic rings. The lowest BCUT2D eigenvalue weighted by Gasteiger charge is -2.30. The highest BCUT2D eigenvalue weighted by molar-refractivity contribution is 5.78. The Morgan fingerprint density at radius 3 is 2.53 bits per heavy atom. The molecule has 0 bridgehead atoms. The van der Waals surface area contributed by atoms with Gasteiger partial charge < -0.3 is 9.84 Å². The topological polar surface area (TPSA) is 84.2 Å². The first-order chi connectivity index (χ1) is 15.4. The molecular formula is C25H31N5O2. The molecule has 0 spiro atoms. The average molecular weight is 434 g/mol. The number of amides is 1. The van der Waals surface area contributed by atoms with E-state index >= 15 is 0 Å². The zero-order valence-electron chi connectivity index (χ0n) is 19.0. The number of carbonyl (C=O) groups is 1. The third-order valence-corrected chi connectivity index (χ3v) is 5.96. The van der Waals surface area contributed by atoms with E-state index in [-0.39, 0.29) is 17.2 Å². The van der Waals surface area contributed by atoms with Crippen molar-refractivity contribution in [3.05, 3.63) is 65.8 Å². The SMILES string of the molecule is CC(C)(C)c1ccc(-c2noc(CN3CCC(C(=O)NCc4ccccn4)CC3)n2)cc1. The zero-order chi connectivity index (χ0) is 22.6. The largest absolute Gasteiger partial charge is 0.350 e. The van der Waals surface area contributed by atoms with E-state index in [4.69, 9.17) is 4.52 Å². The third kappa shape index (κ3) is 5.59. The summed E-state index contributed by atoms with van der Waals surface area (Å²) in [5, 5.41) is 7.16. The number of likely N-dealkylation sites (tertiary alicyclic amines) is 1. The second-order valence-corrected chi connectivity index (χ2v) is 9.43. The summed E-state index contributed by atoms with van der Waals surface area (Å²) >= 11 is 0. The van der Waals surface area contributed by atoms with Crippen molar-refractivity contribution in [3.63, 3.8) is 0 Å². The molecule has 0 saturated carbocycles. The van der Waals surface area contributed by atoms with E-state index in [2.05, 4.69) is 58.2 Å². The van der Waals surface area contributed by atoms with E-state index in [1.807, 2.05) is 30.3 Å². The number of benzene rings is 1. The van der Waals surface area contributed by atoms with E-state index in [1.165, 1.54) is 5.56 Å². The summed E-state index contributed by atoms with van der Waals surface area (Å²) in [5.41, 5.74) is 3.22. The van der Waals surface area contributed by atoms with Crippen LogP contribution in [0.3, 0.4) is 0 Å². The molecule has 3 heterocycles. The van der Waals surface area contributed by atoms with Gasteiger partial charge in [-0.15, -0.1) is 0 Å². The Labute approximate surface area is 189 Å². The number of aromatic nitrogens is 3. The molecule has 168 valence electrons. The molecule has 7 heteroatoms. The highest BCUT2D eigenvalue weighted by Gasteiger charge is 2.26. The van der Waals surface area contributed by atoms with Gasteiger partial charge in [0.25, 0.3) is 0 Å². The standard InChI is InChI=1S/C25H31N5O2/c1-25(2,3)20-9-7-18(8-10-20)23-28-22(32-29-23)17-30-14-11-19(12-15-30)24(31)27-16-21-6-4-5-13-26-21/h4-10,13,19H,11-12,14-17H2,1-3H3,(H,27,31).